The standard InChI is InChI=1S/C18H29N3O2/c1-13(2)11-20-18(19)21-12-14-8-9-16(22-3)10-17(14)23-15-6-4-5-7-15/h8-10,13,15H,4-7,11-12H2,1-3H3,(H3,19,20,21). The molecule has 23 heavy (non-hydrogen) atoms. The van der Waals surface area contributed by atoms with E-state index in [9.17, 15) is 0 Å². The van der Waals surface area contributed by atoms with E-state index in [4.69, 9.17) is 15.2 Å². The predicted octanol–water partition coefficient (Wildman–Crippen LogP) is 3.08. The van der Waals surface area contributed by atoms with Gasteiger partial charge in [0.25, 0.3) is 0 Å². The molecule has 5 heteroatoms. The van der Waals surface area contributed by atoms with Crippen LogP contribution in [0.4, 0.5) is 0 Å². The van der Waals surface area contributed by atoms with Gasteiger partial charge in [-0.05, 0) is 43.7 Å². The summed E-state index contributed by atoms with van der Waals surface area (Å²) in [6.07, 6.45) is 5.04. The molecule has 5 nitrogen and oxygen atoms in total. The summed E-state index contributed by atoms with van der Waals surface area (Å²) >= 11 is 0. The number of nitrogens with two attached hydrogens (primary N) is 1. The van der Waals surface area contributed by atoms with E-state index in [1.165, 1.54) is 12.8 Å². The largest absolute Gasteiger partial charge is 0.497 e. The zero-order valence-electron chi connectivity index (χ0n) is 14.5. The molecule has 1 aliphatic carbocycles. The minimum atomic E-state index is 0.307. The first kappa shape index (κ1) is 17.4. The topological polar surface area (TPSA) is 68.9 Å². The van der Waals surface area contributed by atoms with Crippen molar-refractivity contribution in [3.05, 3.63) is 23.8 Å². The van der Waals surface area contributed by atoms with Gasteiger partial charge in [-0.15, -0.1) is 0 Å². The number of hydrogen-bond donors (Lipinski definition) is 2. The number of rotatable bonds is 7. The third kappa shape index (κ3) is 5.66. The first-order valence-corrected chi connectivity index (χ1v) is 8.46. The van der Waals surface area contributed by atoms with Gasteiger partial charge in [-0.1, -0.05) is 13.8 Å². The molecular weight excluding hydrogens is 290 g/mol. The molecule has 1 aromatic rings. The molecule has 0 spiro atoms. The maximum atomic E-state index is 6.17. The molecule has 0 saturated heterocycles. The minimum Gasteiger partial charge on any atom is -0.497 e. The maximum absolute atomic E-state index is 6.17. The molecule has 0 bridgehead atoms. The van der Waals surface area contributed by atoms with Gasteiger partial charge < -0.3 is 20.5 Å². The summed E-state index contributed by atoms with van der Waals surface area (Å²) in [6, 6.07) is 5.88. The van der Waals surface area contributed by atoms with E-state index in [-0.39, 0.29) is 0 Å². The third-order valence-corrected chi connectivity index (χ3v) is 3.98. The van der Waals surface area contributed by atoms with Gasteiger partial charge in [0.1, 0.15) is 11.5 Å². The summed E-state index contributed by atoms with van der Waals surface area (Å²) in [5.74, 6) is 2.67. The molecule has 0 aliphatic heterocycles. The molecule has 0 radical (unpaired) electrons. The SMILES string of the molecule is COc1ccc(CN=C(N)NCC(C)C)c(OC2CCCC2)c1. The van der Waals surface area contributed by atoms with Crippen molar-refractivity contribution in [2.24, 2.45) is 16.6 Å². The van der Waals surface area contributed by atoms with Gasteiger partial charge in [-0.2, -0.15) is 0 Å². The summed E-state index contributed by atoms with van der Waals surface area (Å²) in [5.41, 5.74) is 6.95. The summed E-state index contributed by atoms with van der Waals surface area (Å²) in [6.45, 7) is 5.60. The van der Waals surface area contributed by atoms with Crippen molar-refractivity contribution in [3.8, 4) is 11.5 Å². The second-order valence-corrected chi connectivity index (χ2v) is 6.47. The number of ether oxygens (including phenoxy) is 2. The van der Waals surface area contributed by atoms with Gasteiger partial charge >= 0.3 is 0 Å². The first-order valence-electron chi connectivity index (χ1n) is 8.46. The van der Waals surface area contributed by atoms with Crippen LogP contribution < -0.4 is 20.5 Å². The zero-order chi connectivity index (χ0) is 16.7. The smallest absolute Gasteiger partial charge is 0.188 e. The highest BCUT2D eigenvalue weighted by molar-refractivity contribution is 5.77. The predicted molar refractivity (Wildman–Crippen MR) is 94.0 cm³/mol. The van der Waals surface area contributed by atoms with Gasteiger partial charge in [0.15, 0.2) is 5.96 Å². The van der Waals surface area contributed by atoms with Crippen LogP contribution in [0, 0.1) is 5.92 Å². The van der Waals surface area contributed by atoms with Crippen LogP contribution >= 0.6 is 0 Å². The lowest BCUT2D eigenvalue weighted by molar-refractivity contribution is 0.207. The molecule has 0 heterocycles. The van der Waals surface area contributed by atoms with E-state index in [1.807, 2.05) is 18.2 Å². The first-order chi connectivity index (χ1) is 11.1. The molecule has 1 aliphatic rings. The Balaban J connectivity index is 2.05. The second-order valence-electron chi connectivity index (χ2n) is 6.47. The fraction of sp³-hybridized carbons (Fsp3) is 0.611. The monoisotopic (exact) mass is 319 g/mol. The molecule has 128 valence electrons. The van der Waals surface area contributed by atoms with Crippen molar-refractivity contribution in [1.82, 2.24) is 5.32 Å². The van der Waals surface area contributed by atoms with Crippen LogP contribution in [0.25, 0.3) is 0 Å². The van der Waals surface area contributed by atoms with E-state index in [1.54, 1.807) is 7.11 Å². The highest BCUT2D eigenvalue weighted by Gasteiger charge is 2.18. The number of aliphatic imine (C=N–C) groups is 1. The minimum absolute atomic E-state index is 0.307. The molecule has 1 saturated carbocycles. The van der Waals surface area contributed by atoms with Gasteiger partial charge in [0.2, 0.25) is 0 Å². The molecule has 3 N–H and O–H groups in total. The molecular formula is C18H29N3O2. The molecule has 1 fully saturated rings. The summed E-state index contributed by atoms with van der Waals surface area (Å²) < 4.78 is 11.5. The Kier molecular flexibility index (Phi) is 6.56. The lowest BCUT2D eigenvalue weighted by Crippen LogP contribution is -2.34. The van der Waals surface area contributed by atoms with Crippen molar-refractivity contribution in [2.75, 3.05) is 13.7 Å². The van der Waals surface area contributed by atoms with E-state index in [2.05, 4.69) is 24.2 Å². The normalized spacial score (nSPS) is 15.9. The molecule has 1 aromatic carbocycles. The average Bonchev–Trinajstić information content (AvgIpc) is 3.04. The Morgan fingerprint density at radius 3 is 2.74 bits per heavy atom. The van der Waals surface area contributed by atoms with Crippen LogP contribution in [0.5, 0.6) is 11.5 Å². The van der Waals surface area contributed by atoms with Crippen molar-refractivity contribution in [2.45, 2.75) is 52.2 Å². The number of guanidine groups is 1. The lowest BCUT2D eigenvalue weighted by Gasteiger charge is -2.17. The van der Waals surface area contributed by atoms with Crippen molar-refractivity contribution >= 4 is 5.96 Å². The molecule has 0 aromatic heterocycles. The molecule has 0 unspecified atom stereocenters. The summed E-state index contributed by atoms with van der Waals surface area (Å²) in [4.78, 5) is 4.42. The van der Waals surface area contributed by atoms with Crippen molar-refractivity contribution < 1.29 is 9.47 Å². The van der Waals surface area contributed by atoms with Gasteiger partial charge in [0, 0.05) is 18.2 Å². The average molecular weight is 319 g/mol. The summed E-state index contributed by atoms with van der Waals surface area (Å²) in [7, 11) is 1.67. The van der Waals surface area contributed by atoms with E-state index < -0.39 is 0 Å². The van der Waals surface area contributed by atoms with Crippen LogP contribution in [0.2, 0.25) is 0 Å². The molecule has 0 amide bonds. The fourth-order valence-electron chi connectivity index (χ4n) is 2.62. The Morgan fingerprint density at radius 1 is 1.35 bits per heavy atom. The van der Waals surface area contributed by atoms with Crippen LogP contribution in [-0.4, -0.2) is 25.7 Å². The van der Waals surface area contributed by atoms with Crippen molar-refractivity contribution in [3.63, 3.8) is 0 Å². The second kappa shape index (κ2) is 8.65. The highest BCUT2D eigenvalue weighted by atomic mass is 16.5. The van der Waals surface area contributed by atoms with Crippen LogP contribution in [-0.2, 0) is 6.54 Å². The number of benzene rings is 1. The number of methoxy groups -OCH3 is 1. The van der Waals surface area contributed by atoms with Crippen LogP contribution in [0.15, 0.2) is 23.2 Å². The van der Waals surface area contributed by atoms with Crippen LogP contribution in [0.3, 0.4) is 0 Å². The quantitative estimate of drug-likeness (QED) is 0.598. The zero-order valence-corrected chi connectivity index (χ0v) is 14.5. The molecule has 2 rings (SSSR count). The number of nitrogens with one attached hydrogen (secondary N) is 1. The lowest BCUT2D eigenvalue weighted by atomic mass is 10.2. The van der Waals surface area contributed by atoms with E-state index >= 15 is 0 Å². The van der Waals surface area contributed by atoms with Gasteiger partial charge in [-0.3, -0.25) is 0 Å². The Labute approximate surface area is 139 Å². The third-order valence-electron chi connectivity index (χ3n) is 3.98. The van der Waals surface area contributed by atoms with Crippen molar-refractivity contribution in [1.29, 1.82) is 0 Å². The Bertz CT molecular complexity index is 523. The maximum Gasteiger partial charge on any atom is 0.188 e. The van der Waals surface area contributed by atoms with Crippen LogP contribution in [0.1, 0.15) is 45.1 Å². The Hall–Kier alpha value is -1.91. The van der Waals surface area contributed by atoms with Gasteiger partial charge in [0.05, 0.1) is 19.8 Å². The Morgan fingerprint density at radius 2 is 2.09 bits per heavy atom. The number of nitrogens with zero attached hydrogens (tertiary/aromatic N) is 1. The fourth-order valence-corrected chi connectivity index (χ4v) is 2.62. The van der Waals surface area contributed by atoms with E-state index in [0.29, 0.717) is 24.5 Å². The van der Waals surface area contributed by atoms with Gasteiger partial charge in [-0.25, -0.2) is 4.99 Å². The van der Waals surface area contributed by atoms with E-state index in [0.717, 1.165) is 36.4 Å². The summed E-state index contributed by atoms with van der Waals surface area (Å²) in [5, 5.41) is 3.13. The highest BCUT2D eigenvalue weighted by Crippen LogP contribution is 2.30. The number of hydrogen-bond acceptors (Lipinski definition) is 3. The molecule has 0 atom stereocenters.